The molecular weight excluding hydrogens is 348 g/mol. The second kappa shape index (κ2) is 6.99. The van der Waals surface area contributed by atoms with Gasteiger partial charge in [-0.1, -0.05) is 11.2 Å². The molecule has 0 bridgehead atoms. The molecule has 1 aliphatic rings. The molecule has 1 amide bonds. The summed E-state index contributed by atoms with van der Waals surface area (Å²) in [4.78, 5) is 23.3. The van der Waals surface area contributed by atoms with Crippen molar-refractivity contribution in [2.75, 3.05) is 13.1 Å². The molecule has 1 unspecified atom stereocenters. The van der Waals surface area contributed by atoms with E-state index in [1.54, 1.807) is 5.51 Å². The maximum atomic E-state index is 12.4. The van der Waals surface area contributed by atoms with Crippen LogP contribution in [0.4, 0.5) is 0 Å². The summed E-state index contributed by atoms with van der Waals surface area (Å²) in [6, 6.07) is 6.06. The number of aromatic nitrogens is 3. The maximum absolute atomic E-state index is 12.4. The fourth-order valence-electron chi connectivity index (χ4n) is 3.54. The maximum Gasteiger partial charge on any atom is 0.273 e. The molecule has 26 heavy (non-hydrogen) atoms. The van der Waals surface area contributed by atoms with Gasteiger partial charge >= 0.3 is 0 Å². The molecule has 1 saturated heterocycles. The molecule has 0 saturated carbocycles. The van der Waals surface area contributed by atoms with Crippen LogP contribution in [0.5, 0.6) is 0 Å². The van der Waals surface area contributed by atoms with Crippen LogP contribution in [0.2, 0.25) is 0 Å². The molecule has 7 heteroatoms. The van der Waals surface area contributed by atoms with Crippen molar-refractivity contribution in [3.63, 3.8) is 0 Å². The Labute approximate surface area is 155 Å². The zero-order valence-electron chi connectivity index (χ0n) is 14.8. The van der Waals surface area contributed by atoms with E-state index in [0.29, 0.717) is 11.6 Å². The van der Waals surface area contributed by atoms with Crippen molar-refractivity contribution in [1.82, 2.24) is 20.0 Å². The van der Waals surface area contributed by atoms with Crippen molar-refractivity contribution in [3.05, 3.63) is 51.9 Å². The van der Waals surface area contributed by atoms with Crippen molar-refractivity contribution in [1.29, 1.82) is 0 Å². The highest BCUT2D eigenvalue weighted by atomic mass is 32.1. The number of rotatable bonds is 4. The Bertz CT molecular complexity index is 900. The van der Waals surface area contributed by atoms with Gasteiger partial charge in [0.05, 0.1) is 22.5 Å². The van der Waals surface area contributed by atoms with Gasteiger partial charge in [-0.2, -0.15) is 0 Å². The summed E-state index contributed by atoms with van der Waals surface area (Å²) < 4.78 is 5.26. The van der Waals surface area contributed by atoms with E-state index in [-0.39, 0.29) is 5.91 Å². The van der Waals surface area contributed by atoms with E-state index in [0.717, 1.165) is 54.3 Å². The third-order valence-corrected chi connectivity index (χ3v) is 5.41. The topological polar surface area (TPSA) is 72.1 Å². The lowest BCUT2D eigenvalue weighted by molar-refractivity contribution is 0.0782. The molecule has 3 aromatic heterocycles. The van der Waals surface area contributed by atoms with Crippen LogP contribution in [-0.4, -0.2) is 39.0 Å². The Morgan fingerprint density at radius 3 is 3.00 bits per heavy atom. The number of hydrogen-bond acceptors (Lipinski definition) is 6. The molecule has 1 aliphatic heterocycles. The van der Waals surface area contributed by atoms with Gasteiger partial charge in [-0.05, 0) is 44.7 Å². The number of carbonyl (C=O) groups excluding carboxylic acids is 1. The average Bonchev–Trinajstić information content (AvgIpc) is 3.37. The van der Waals surface area contributed by atoms with E-state index in [9.17, 15) is 4.79 Å². The van der Waals surface area contributed by atoms with Crippen molar-refractivity contribution in [3.8, 4) is 11.3 Å². The minimum atomic E-state index is 0.0335. The predicted molar refractivity (Wildman–Crippen MR) is 99.0 cm³/mol. The SMILES string of the molecule is Cc1noc(C)c1-c1cccc(CC2CCN(C(=O)c3cscn3)C2)n1. The van der Waals surface area contributed by atoms with E-state index < -0.39 is 0 Å². The summed E-state index contributed by atoms with van der Waals surface area (Å²) in [5, 5.41) is 5.82. The quantitative estimate of drug-likeness (QED) is 0.705. The largest absolute Gasteiger partial charge is 0.361 e. The zero-order valence-corrected chi connectivity index (χ0v) is 15.6. The number of likely N-dealkylation sites (tertiary alicyclic amines) is 1. The molecule has 0 spiro atoms. The fourth-order valence-corrected chi connectivity index (χ4v) is 4.07. The fraction of sp³-hybridized carbons (Fsp3) is 0.368. The monoisotopic (exact) mass is 368 g/mol. The van der Waals surface area contributed by atoms with E-state index in [4.69, 9.17) is 9.51 Å². The molecule has 4 rings (SSSR count). The van der Waals surface area contributed by atoms with Gasteiger partial charge in [0, 0.05) is 24.2 Å². The van der Waals surface area contributed by atoms with E-state index >= 15 is 0 Å². The molecule has 4 heterocycles. The molecule has 6 nitrogen and oxygen atoms in total. The van der Waals surface area contributed by atoms with E-state index in [1.807, 2.05) is 42.3 Å². The molecule has 0 aromatic carbocycles. The molecule has 1 atom stereocenters. The Morgan fingerprint density at radius 1 is 1.38 bits per heavy atom. The highest BCUT2D eigenvalue weighted by Gasteiger charge is 2.28. The smallest absolute Gasteiger partial charge is 0.273 e. The average molecular weight is 368 g/mol. The van der Waals surface area contributed by atoms with Gasteiger partial charge in [0.25, 0.3) is 5.91 Å². The van der Waals surface area contributed by atoms with Crippen LogP contribution < -0.4 is 0 Å². The number of amides is 1. The lowest BCUT2D eigenvalue weighted by Crippen LogP contribution is -2.29. The standard InChI is InChI=1S/C19H20N4O2S/c1-12-18(13(2)25-22-12)16-5-3-4-15(21-16)8-14-6-7-23(9-14)19(24)17-10-26-11-20-17/h3-5,10-11,14H,6-9H2,1-2H3. The number of carbonyl (C=O) groups is 1. The number of nitrogens with zero attached hydrogens (tertiary/aromatic N) is 4. The summed E-state index contributed by atoms with van der Waals surface area (Å²) in [6.07, 6.45) is 1.85. The van der Waals surface area contributed by atoms with Gasteiger partial charge in [-0.25, -0.2) is 4.98 Å². The second-order valence-corrected chi connectivity index (χ2v) is 7.42. The van der Waals surface area contributed by atoms with Crippen molar-refractivity contribution < 1.29 is 9.32 Å². The van der Waals surface area contributed by atoms with Crippen LogP contribution in [0, 0.1) is 19.8 Å². The first-order valence-electron chi connectivity index (χ1n) is 8.68. The molecule has 0 radical (unpaired) electrons. The Kier molecular flexibility index (Phi) is 4.55. The molecule has 0 aliphatic carbocycles. The van der Waals surface area contributed by atoms with Gasteiger partial charge in [0.2, 0.25) is 0 Å². The van der Waals surface area contributed by atoms with Gasteiger partial charge in [0.1, 0.15) is 11.5 Å². The number of thiazole rings is 1. The Balaban J connectivity index is 1.45. The lowest BCUT2D eigenvalue weighted by atomic mass is 10.0. The van der Waals surface area contributed by atoms with Gasteiger partial charge in [-0.15, -0.1) is 11.3 Å². The second-order valence-electron chi connectivity index (χ2n) is 6.70. The van der Waals surface area contributed by atoms with E-state index in [2.05, 4.69) is 10.1 Å². The molecule has 134 valence electrons. The summed E-state index contributed by atoms with van der Waals surface area (Å²) in [5.74, 6) is 1.24. The van der Waals surface area contributed by atoms with Crippen LogP contribution >= 0.6 is 11.3 Å². The van der Waals surface area contributed by atoms with Crippen LogP contribution in [0.15, 0.2) is 33.6 Å². The number of hydrogen-bond donors (Lipinski definition) is 0. The van der Waals surface area contributed by atoms with Gasteiger partial charge < -0.3 is 9.42 Å². The van der Waals surface area contributed by atoms with Crippen molar-refractivity contribution in [2.45, 2.75) is 26.7 Å². The summed E-state index contributed by atoms with van der Waals surface area (Å²) in [7, 11) is 0. The van der Waals surface area contributed by atoms with Crippen LogP contribution in [0.3, 0.4) is 0 Å². The van der Waals surface area contributed by atoms with Crippen molar-refractivity contribution in [2.24, 2.45) is 5.92 Å². The van der Waals surface area contributed by atoms with E-state index in [1.165, 1.54) is 11.3 Å². The molecular formula is C19H20N4O2S. The van der Waals surface area contributed by atoms with Gasteiger partial charge in [-0.3, -0.25) is 9.78 Å². The molecule has 3 aromatic rings. The van der Waals surface area contributed by atoms with Crippen LogP contribution in [0.1, 0.15) is 34.1 Å². The Morgan fingerprint density at radius 2 is 2.27 bits per heavy atom. The summed E-state index contributed by atoms with van der Waals surface area (Å²) in [5.41, 5.74) is 6.01. The van der Waals surface area contributed by atoms with Crippen LogP contribution in [0.25, 0.3) is 11.3 Å². The third-order valence-electron chi connectivity index (χ3n) is 4.82. The van der Waals surface area contributed by atoms with Crippen molar-refractivity contribution >= 4 is 17.2 Å². The normalized spacial score (nSPS) is 17.0. The highest BCUT2D eigenvalue weighted by Crippen LogP contribution is 2.27. The van der Waals surface area contributed by atoms with Crippen LogP contribution in [-0.2, 0) is 6.42 Å². The minimum Gasteiger partial charge on any atom is -0.361 e. The minimum absolute atomic E-state index is 0.0335. The van der Waals surface area contributed by atoms with Gasteiger partial charge in [0.15, 0.2) is 0 Å². The zero-order chi connectivity index (χ0) is 18.1. The Hall–Kier alpha value is -2.54. The first-order chi connectivity index (χ1) is 12.6. The summed E-state index contributed by atoms with van der Waals surface area (Å²) >= 11 is 1.45. The molecule has 1 fully saturated rings. The number of pyridine rings is 1. The number of aryl methyl sites for hydroxylation is 2. The summed E-state index contributed by atoms with van der Waals surface area (Å²) in [6.45, 7) is 5.37. The lowest BCUT2D eigenvalue weighted by Gasteiger charge is -2.15. The first-order valence-corrected chi connectivity index (χ1v) is 9.62. The molecule has 0 N–H and O–H groups in total. The highest BCUT2D eigenvalue weighted by molar-refractivity contribution is 7.07. The third kappa shape index (κ3) is 3.26. The first kappa shape index (κ1) is 16.9. The predicted octanol–water partition coefficient (Wildman–Crippen LogP) is 3.51.